The Morgan fingerprint density at radius 3 is 2.89 bits per heavy atom. The normalized spacial score (nSPS) is 16.1. The van der Waals surface area contributed by atoms with E-state index in [1.807, 2.05) is 12.1 Å². The molecule has 1 aromatic carbocycles. The second-order valence-electron chi connectivity index (χ2n) is 5.11. The molecule has 0 radical (unpaired) electrons. The summed E-state index contributed by atoms with van der Waals surface area (Å²) in [5.74, 6) is 1.88. The first-order valence-corrected chi connectivity index (χ1v) is 7.64. The summed E-state index contributed by atoms with van der Waals surface area (Å²) in [6.07, 6.45) is 5.64. The lowest BCUT2D eigenvalue weighted by Gasteiger charge is -2.12. The first kappa shape index (κ1) is 13.9. The van der Waals surface area contributed by atoms with E-state index in [2.05, 4.69) is 34.2 Å². The van der Waals surface area contributed by atoms with E-state index in [0.717, 1.165) is 35.8 Å². The van der Waals surface area contributed by atoms with Crippen LogP contribution in [0.4, 0.5) is 0 Å². The van der Waals surface area contributed by atoms with E-state index in [0.29, 0.717) is 0 Å². The van der Waals surface area contributed by atoms with Gasteiger partial charge in [0.1, 0.15) is 12.4 Å². The van der Waals surface area contributed by atoms with Crippen LogP contribution in [-0.4, -0.2) is 19.7 Å². The van der Waals surface area contributed by atoms with Crippen molar-refractivity contribution in [3.63, 3.8) is 0 Å². The third kappa shape index (κ3) is 4.29. The Labute approximate surface area is 118 Å². The summed E-state index contributed by atoms with van der Waals surface area (Å²) in [5, 5.41) is 3.49. The van der Waals surface area contributed by atoms with Gasteiger partial charge in [-0.15, -0.1) is 0 Å². The number of rotatable bonds is 6. The summed E-state index contributed by atoms with van der Waals surface area (Å²) in [6, 6.07) is 6.15. The fourth-order valence-electron chi connectivity index (χ4n) is 2.48. The summed E-state index contributed by atoms with van der Waals surface area (Å²) in [7, 11) is 0. The number of halogens is 1. The van der Waals surface area contributed by atoms with Gasteiger partial charge in [-0.25, -0.2) is 0 Å². The number of ether oxygens (including phenoxy) is 1. The maximum absolute atomic E-state index is 5.79. The Balaban J connectivity index is 1.64. The lowest BCUT2D eigenvalue weighted by atomic mass is 10.1. The van der Waals surface area contributed by atoms with Gasteiger partial charge in [0.25, 0.3) is 0 Å². The average Bonchev–Trinajstić information content (AvgIpc) is 2.86. The molecule has 1 N–H and O–H groups in total. The second-order valence-corrected chi connectivity index (χ2v) is 6.03. The molecule has 1 saturated carbocycles. The zero-order chi connectivity index (χ0) is 12.8. The molecule has 0 aliphatic heterocycles. The molecule has 0 heterocycles. The Hall–Kier alpha value is -0.540. The van der Waals surface area contributed by atoms with Crippen LogP contribution in [0.2, 0.25) is 0 Å². The molecule has 1 aromatic rings. The summed E-state index contributed by atoms with van der Waals surface area (Å²) in [4.78, 5) is 0. The summed E-state index contributed by atoms with van der Waals surface area (Å²) in [6.45, 7) is 4.90. The standard InChI is InChI=1S/C15H22BrNO/c1-12-6-7-14(16)10-15(12)18-9-8-17-11-13-4-2-3-5-13/h6-7,10,13,17H,2-5,8-9,11H2,1H3. The Morgan fingerprint density at radius 2 is 2.11 bits per heavy atom. The molecule has 18 heavy (non-hydrogen) atoms. The van der Waals surface area contributed by atoms with Crippen LogP contribution in [0.15, 0.2) is 22.7 Å². The predicted molar refractivity (Wildman–Crippen MR) is 79.2 cm³/mol. The molecule has 2 nitrogen and oxygen atoms in total. The highest BCUT2D eigenvalue weighted by atomic mass is 79.9. The zero-order valence-corrected chi connectivity index (χ0v) is 12.6. The molecule has 100 valence electrons. The van der Waals surface area contributed by atoms with Gasteiger partial charge in [-0.05, 0) is 49.9 Å². The van der Waals surface area contributed by atoms with Gasteiger partial charge in [0.15, 0.2) is 0 Å². The van der Waals surface area contributed by atoms with Gasteiger partial charge < -0.3 is 10.1 Å². The van der Waals surface area contributed by atoms with Crippen molar-refractivity contribution < 1.29 is 4.74 Å². The maximum Gasteiger partial charge on any atom is 0.123 e. The van der Waals surface area contributed by atoms with Gasteiger partial charge in [-0.1, -0.05) is 34.8 Å². The van der Waals surface area contributed by atoms with Crippen molar-refractivity contribution in [3.8, 4) is 5.75 Å². The smallest absolute Gasteiger partial charge is 0.123 e. The number of nitrogens with one attached hydrogen (secondary N) is 1. The number of benzene rings is 1. The summed E-state index contributed by atoms with van der Waals surface area (Å²) >= 11 is 3.47. The Kier molecular flexibility index (Phi) is 5.51. The SMILES string of the molecule is Cc1ccc(Br)cc1OCCNCC1CCCC1. The molecule has 0 amide bonds. The van der Waals surface area contributed by atoms with Crippen LogP contribution < -0.4 is 10.1 Å². The van der Waals surface area contributed by atoms with Crippen LogP contribution >= 0.6 is 15.9 Å². The molecular formula is C15H22BrNO. The third-order valence-corrected chi connectivity index (χ3v) is 4.09. The lowest BCUT2D eigenvalue weighted by molar-refractivity contribution is 0.307. The van der Waals surface area contributed by atoms with Crippen molar-refractivity contribution in [3.05, 3.63) is 28.2 Å². The molecule has 0 bridgehead atoms. The maximum atomic E-state index is 5.79. The van der Waals surface area contributed by atoms with Crippen LogP contribution in [0.25, 0.3) is 0 Å². The van der Waals surface area contributed by atoms with E-state index in [1.54, 1.807) is 0 Å². The molecule has 0 saturated heterocycles. The molecule has 3 heteroatoms. The number of hydrogen-bond donors (Lipinski definition) is 1. The van der Waals surface area contributed by atoms with Crippen molar-refractivity contribution >= 4 is 15.9 Å². The van der Waals surface area contributed by atoms with E-state index < -0.39 is 0 Å². The minimum absolute atomic E-state index is 0.740. The van der Waals surface area contributed by atoms with Crippen LogP contribution in [-0.2, 0) is 0 Å². The number of aryl methyl sites for hydroxylation is 1. The number of hydrogen-bond acceptors (Lipinski definition) is 2. The minimum atomic E-state index is 0.740. The van der Waals surface area contributed by atoms with Crippen molar-refractivity contribution in [1.82, 2.24) is 5.32 Å². The molecule has 2 rings (SSSR count). The molecule has 1 fully saturated rings. The zero-order valence-electron chi connectivity index (χ0n) is 11.0. The van der Waals surface area contributed by atoms with Crippen molar-refractivity contribution in [1.29, 1.82) is 0 Å². The molecule has 0 spiro atoms. The van der Waals surface area contributed by atoms with Gasteiger partial charge in [0.05, 0.1) is 0 Å². The molecule has 0 atom stereocenters. The van der Waals surface area contributed by atoms with E-state index in [4.69, 9.17) is 4.74 Å². The first-order valence-electron chi connectivity index (χ1n) is 6.85. The van der Waals surface area contributed by atoms with Gasteiger partial charge >= 0.3 is 0 Å². The van der Waals surface area contributed by atoms with Gasteiger partial charge in [0.2, 0.25) is 0 Å². The minimum Gasteiger partial charge on any atom is -0.492 e. The largest absolute Gasteiger partial charge is 0.492 e. The molecule has 1 aliphatic rings. The summed E-state index contributed by atoms with van der Waals surface area (Å²) in [5.41, 5.74) is 1.19. The van der Waals surface area contributed by atoms with Gasteiger partial charge in [-0.2, -0.15) is 0 Å². The molecule has 0 aromatic heterocycles. The predicted octanol–water partition coefficient (Wildman–Crippen LogP) is 3.92. The third-order valence-electron chi connectivity index (χ3n) is 3.59. The highest BCUT2D eigenvalue weighted by Gasteiger charge is 2.13. The van der Waals surface area contributed by atoms with Crippen molar-refractivity contribution in [2.45, 2.75) is 32.6 Å². The Bertz CT molecular complexity index is 375. The van der Waals surface area contributed by atoms with Crippen LogP contribution in [0.1, 0.15) is 31.2 Å². The summed E-state index contributed by atoms with van der Waals surface area (Å²) < 4.78 is 6.86. The van der Waals surface area contributed by atoms with E-state index >= 15 is 0 Å². The second kappa shape index (κ2) is 7.15. The van der Waals surface area contributed by atoms with Crippen LogP contribution in [0, 0.1) is 12.8 Å². The van der Waals surface area contributed by atoms with Crippen LogP contribution in [0.5, 0.6) is 5.75 Å². The lowest BCUT2D eigenvalue weighted by Crippen LogP contribution is -2.26. The van der Waals surface area contributed by atoms with E-state index in [-0.39, 0.29) is 0 Å². The highest BCUT2D eigenvalue weighted by molar-refractivity contribution is 9.10. The molecule has 1 aliphatic carbocycles. The van der Waals surface area contributed by atoms with Gasteiger partial charge in [-0.3, -0.25) is 0 Å². The molecular weight excluding hydrogens is 290 g/mol. The fourth-order valence-corrected chi connectivity index (χ4v) is 2.82. The van der Waals surface area contributed by atoms with E-state index in [1.165, 1.54) is 31.2 Å². The quantitative estimate of drug-likeness (QED) is 0.804. The van der Waals surface area contributed by atoms with Gasteiger partial charge in [0, 0.05) is 11.0 Å². The highest BCUT2D eigenvalue weighted by Crippen LogP contribution is 2.24. The topological polar surface area (TPSA) is 21.3 Å². The Morgan fingerprint density at radius 1 is 1.33 bits per heavy atom. The van der Waals surface area contributed by atoms with Crippen molar-refractivity contribution in [2.75, 3.05) is 19.7 Å². The fraction of sp³-hybridized carbons (Fsp3) is 0.600. The monoisotopic (exact) mass is 311 g/mol. The van der Waals surface area contributed by atoms with E-state index in [9.17, 15) is 0 Å². The molecule has 0 unspecified atom stereocenters. The van der Waals surface area contributed by atoms with Crippen molar-refractivity contribution in [2.24, 2.45) is 5.92 Å². The average molecular weight is 312 g/mol. The first-order chi connectivity index (χ1) is 8.75. The van der Waals surface area contributed by atoms with Crippen LogP contribution in [0.3, 0.4) is 0 Å².